The summed E-state index contributed by atoms with van der Waals surface area (Å²) in [6.07, 6.45) is 6.80. The van der Waals surface area contributed by atoms with E-state index in [1.54, 1.807) is 0 Å². The highest BCUT2D eigenvalue weighted by atomic mass is 32.1. The van der Waals surface area contributed by atoms with Crippen LogP contribution in [-0.2, 0) is 22.4 Å². The molecular formula is C20H30N2O4S. The molecule has 2 atom stereocenters. The van der Waals surface area contributed by atoms with E-state index >= 15 is 0 Å². The molecule has 7 heteroatoms. The average molecular weight is 395 g/mol. The number of hydrogen-bond donors (Lipinski definition) is 2. The van der Waals surface area contributed by atoms with Gasteiger partial charge in [-0.05, 0) is 56.6 Å². The van der Waals surface area contributed by atoms with Gasteiger partial charge in [0.25, 0.3) is 0 Å². The fraction of sp³-hybridized carbons (Fsp3) is 0.700. The highest BCUT2D eigenvalue weighted by Crippen LogP contribution is 2.40. The van der Waals surface area contributed by atoms with E-state index in [0.717, 1.165) is 50.6 Å². The van der Waals surface area contributed by atoms with Crippen molar-refractivity contribution in [3.05, 3.63) is 16.0 Å². The second-order valence-corrected chi connectivity index (χ2v) is 8.83. The molecule has 27 heavy (non-hydrogen) atoms. The Bertz CT molecular complexity index is 686. The zero-order valence-electron chi connectivity index (χ0n) is 16.3. The number of hydrogen-bond acceptors (Lipinski definition) is 6. The number of carbonyl (C=O) groups is 2. The van der Waals surface area contributed by atoms with E-state index in [-0.39, 0.29) is 24.5 Å². The Hall–Kier alpha value is -1.44. The number of anilines is 1. The maximum atomic E-state index is 12.7. The normalized spacial score (nSPS) is 22.9. The third-order valence-corrected chi connectivity index (χ3v) is 6.88. The summed E-state index contributed by atoms with van der Waals surface area (Å²) in [6, 6.07) is 0.256. The van der Waals surface area contributed by atoms with Crippen molar-refractivity contribution in [1.29, 1.82) is 0 Å². The molecule has 6 nitrogen and oxygen atoms in total. The minimum absolute atomic E-state index is 0.100. The highest BCUT2D eigenvalue weighted by Gasteiger charge is 2.30. The van der Waals surface area contributed by atoms with Crippen LogP contribution in [0.3, 0.4) is 0 Å². The van der Waals surface area contributed by atoms with Gasteiger partial charge in [-0.1, -0.05) is 13.3 Å². The largest absolute Gasteiger partial charge is 0.465 e. The summed E-state index contributed by atoms with van der Waals surface area (Å²) in [4.78, 5) is 28.4. The Labute approximate surface area is 164 Å². The molecule has 1 aromatic heterocycles. The first-order valence-corrected chi connectivity index (χ1v) is 10.7. The molecule has 1 aliphatic carbocycles. The van der Waals surface area contributed by atoms with E-state index in [2.05, 4.69) is 17.1 Å². The molecule has 1 aromatic rings. The summed E-state index contributed by atoms with van der Waals surface area (Å²) in [6.45, 7) is 3.53. The van der Waals surface area contributed by atoms with E-state index in [1.807, 2.05) is 0 Å². The van der Waals surface area contributed by atoms with Crippen LogP contribution < -0.4 is 5.32 Å². The van der Waals surface area contributed by atoms with Crippen LogP contribution in [0.25, 0.3) is 0 Å². The molecule has 1 saturated heterocycles. The van der Waals surface area contributed by atoms with Crippen LogP contribution in [0.2, 0.25) is 0 Å². The SMILES string of the molecule is COC(=O)c1c(NC(=O)CN2CCCCC2CCO)sc2c1CCC(C)C2. The number of esters is 1. The Kier molecular flexibility index (Phi) is 6.89. The lowest BCUT2D eigenvalue weighted by atomic mass is 9.88. The van der Waals surface area contributed by atoms with Crippen LogP contribution in [0.5, 0.6) is 0 Å². The molecule has 0 bridgehead atoms. The number of thiophene rings is 1. The minimum Gasteiger partial charge on any atom is -0.465 e. The van der Waals surface area contributed by atoms with Gasteiger partial charge in [0.15, 0.2) is 0 Å². The fourth-order valence-corrected chi connectivity index (χ4v) is 5.67. The molecule has 0 saturated carbocycles. The zero-order chi connectivity index (χ0) is 19.4. The molecule has 1 amide bonds. The summed E-state index contributed by atoms with van der Waals surface area (Å²) in [7, 11) is 1.39. The van der Waals surface area contributed by atoms with Crippen LogP contribution in [0.15, 0.2) is 0 Å². The number of ether oxygens (including phenoxy) is 1. The van der Waals surface area contributed by atoms with Crippen molar-refractivity contribution in [2.75, 3.05) is 32.1 Å². The highest BCUT2D eigenvalue weighted by molar-refractivity contribution is 7.17. The third kappa shape index (κ3) is 4.70. The number of aliphatic hydroxyl groups excluding tert-OH is 1. The summed E-state index contributed by atoms with van der Waals surface area (Å²) in [5.41, 5.74) is 1.60. The molecule has 1 aliphatic heterocycles. The van der Waals surface area contributed by atoms with E-state index in [9.17, 15) is 14.7 Å². The van der Waals surface area contributed by atoms with E-state index in [4.69, 9.17) is 4.74 Å². The number of nitrogens with one attached hydrogen (secondary N) is 1. The number of likely N-dealkylation sites (tertiary alicyclic amines) is 1. The van der Waals surface area contributed by atoms with Crippen LogP contribution in [0.4, 0.5) is 5.00 Å². The number of aliphatic hydroxyl groups is 1. The third-order valence-electron chi connectivity index (χ3n) is 5.71. The second kappa shape index (κ2) is 9.17. The molecule has 1 fully saturated rings. The van der Waals surface area contributed by atoms with Crippen LogP contribution in [-0.4, -0.2) is 54.7 Å². The summed E-state index contributed by atoms with van der Waals surface area (Å²) in [5, 5.41) is 12.9. The van der Waals surface area contributed by atoms with Gasteiger partial charge < -0.3 is 15.2 Å². The fourth-order valence-electron chi connectivity index (χ4n) is 4.25. The van der Waals surface area contributed by atoms with Gasteiger partial charge >= 0.3 is 5.97 Å². The molecule has 2 N–H and O–H groups in total. The topological polar surface area (TPSA) is 78.9 Å². The Morgan fingerprint density at radius 2 is 2.15 bits per heavy atom. The van der Waals surface area contributed by atoms with Gasteiger partial charge in [-0.15, -0.1) is 11.3 Å². The first-order valence-electron chi connectivity index (χ1n) is 9.91. The van der Waals surface area contributed by atoms with Gasteiger partial charge in [0.1, 0.15) is 5.00 Å². The van der Waals surface area contributed by atoms with Gasteiger partial charge in [0.2, 0.25) is 5.91 Å². The van der Waals surface area contributed by atoms with Crippen LogP contribution >= 0.6 is 11.3 Å². The number of rotatable bonds is 6. The standard InChI is InChI=1S/C20H30N2O4S/c1-13-6-7-15-16(11-13)27-19(18(15)20(25)26-2)21-17(24)12-22-9-4-3-5-14(22)8-10-23/h13-14,23H,3-12H2,1-2H3,(H,21,24). The lowest BCUT2D eigenvalue weighted by Gasteiger charge is -2.34. The Morgan fingerprint density at radius 1 is 1.33 bits per heavy atom. The molecule has 2 aliphatic rings. The maximum absolute atomic E-state index is 12.7. The smallest absolute Gasteiger partial charge is 0.341 e. The summed E-state index contributed by atoms with van der Waals surface area (Å²) >= 11 is 1.52. The lowest BCUT2D eigenvalue weighted by Crippen LogP contribution is -2.44. The van der Waals surface area contributed by atoms with Gasteiger partial charge in [-0.25, -0.2) is 4.79 Å². The molecule has 0 radical (unpaired) electrons. The lowest BCUT2D eigenvalue weighted by molar-refractivity contribution is -0.118. The molecule has 150 valence electrons. The first-order chi connectivity index (χ1) is 13.0. The zero-order valence-corrected chi connectivity index (χ0v) is 17.1. The number of amides is 1. The van der Waals surface area contributed by atoms with Crippen molar-refractivity contribution >= 4 is 28.2 Å². The van der Waals surface area contributed by atoms with Gasteiger partial charge in [-0.3, -0.25) is 9.69 Å². The summed E-state index contributed by atoms with van der Waals surface area (Å²) in [5.74, 6) is 0.128. The van der Waals surface area contributed by atoms with Crippen molar-refractivity contribution in [3.63, 3.8) is 0 Å². The quantitative estimate of drug-likeness (QED) is 0.726. The van der Waals surface area contributed by atoms with Crippen molar-refractivity contribution in [2.24, 2.45) is 5.92 Å². The van der Waals surface area contributed by atoms with Crippen LogP contribution in [0, 0.1) is 5.92 Å². The summed E-state index contributed by atoms with van der Waals surface area (Å²) < 4.78 is 4.99. The number of fused-ring (bicyclic) bond motifs is 1. The predicted octanol–water partition coefficient (Wildman–Crippen LogP) is 2.83. The first kappa shape index (κ1) is 20.3. The van der Waals surface area contributed by atoms with Crippen molar-refractivity contribution in [1.82, 2.24) is 4.90 Å². The molecule has 3 rings (SSSR count). The molecule has 0 aromatic carbocycles. The number of piperidine rings is 1. The van der Waals surface area contributed by atoms with Crippen LogP contribution in [0.1, 0.15) is 59.8 Å². The average Bonchev–Trinajstić information content (AvgIpc) is 2.99. The number of methoxy groups -OCH3 is 1. The van der Waals surface area contributed by atoms with Gasteiger partial charge in [0, 0.05) is 17.5 Å². The monoisotopic (exact) mass is 394 g/mol. The number of carbonyl (C=O) groups excluding carboxylic acids is 2. The molecule has 2 unspecified atom stereocenters. The second-order valence-electron chi connectivity index (χ2n) is 7.73. The minimum atomic E-state index is -0.367. The van der Waals surface area contributed by atoms with E-state index in [0.29, 0.717) is 29.4 Å². The van der Waals surface area contributed by atoms with Crippen molar-refractivity contribution < 1.29 is 19.4 Å². The maximum Gasteiger partial charge on any atom is 0.341 e. The Morgan fingerprint density at radius 3 is 2.89 bits per heavy atom. The van der Waals surface area contributed by atoms with Gasteiger partial charge in [0.05, 0.1) is 19.2 Å². The Balaban J connectivity index is 1.74. The molecule has 2 heterocycles. The molecule has 0 spiro atoms. The molecular weight excluding hydrogens is 364 g/mol. The number of nitrogens with zero attached hydrogens (tertiary/aromatic N) is 1. The van der Waals surface area contributed by atoms with Gasteiger partial charge in [-0.2, -0.15) is 0 Å². The van der Waals surface area contributed by atoms with Crippen molar-refractivity contribution in [3.8, 4) is 0 Å². The van der Waals surface area contributed by atoms with E-state index < -0.39 is 0 Å². The predicted molar refractivity (Wildman–Crippen MR) is 106 cm³/mol. The van der Waals surface area contributed by atoms with E-state index in [1.165, 1.54) is 23.3 Å². The van der Waals surface area contributed by atoms with Crippen molar-refractivity contribution in [2.45, 2.75) is 57.9 Å².